The van der Waals surface area contributed by atoms with E-state index >= 15 is 0 Å². The normalized spacial score (nSPS) is 10.8. The van der Waals surface area contributed by atoms with Gasteiger partial charge >= 0.3 is 0 Å². The minimum absolute atomic E-state index is 0.646. The quantitative estimate of drug-likeness (QED) is 0.693. The van der Waals surface area contributed by atoms with E-state index in [4.69, 9.17) is 23.2 Å². The first-order valence-electron chi connectivity index (χ1n) is 6.67. The van der Waals surface area contributed by atoms with E-state index in [0.29, 0.717) is 16.6 Å². The maximum absolute atomic E-state index is 6.25. The molecule has 0 aliphatic heterocycles. The van der Waals surface area contributed by atoms with Crippen LogP contribution in [-0.4, -0.2) is 4.98 Å². The van der Waals surface area contributed by atoms with Gasteiger partial charge in [-0.1, -0.05) is 47.5 Å². The molecule has 0 amide bonds. The molecule has 0 atom stereocenters. The predicted octanol–water partition coefficient (Wildman–Crippen LogP) is 5.46. The SMILES string of the molecule is Cc1cc(Cl)c(NCc2cccc3cccnc23)cc1Cl. The lowest BCUT2D eigenvalue weighted by molar-refractivity contribution is 1.15. The van der Waals surface area contributed by atoms with E-state index in [-0.39, 0.29) is 0 Å². The molecule has 0 unspecified atom stereocenters. The zero-order chi connectivity index (χ0) is 14.8. The number of pyridine rings is 1. The summed E-state index contributed by atoms with van der Waals surface area (Å²) in [4.78, 5) is 4.45. The second-order valence-electron chi connectivity index (χ2n) is 4.93. The fraction of sp³-hybridized carbons (Fsp3) is 0.118. The number of benzene rings is 2. The highest BCUT2D eigenvalue weighted by Gasteiger charge is 2.06. The lowest BCUT2D eigenvalue weighted by atomic mass is 10.1. The molecule has 1 N–H and O–H groups in total. The molecule has 106 valence electrons. The van der Waals surface area contributed by atoms with Crippen LogP contribution >= 0.6 is 23.2 Å². The molecule has 0 aliphatic carbocycles. The summed E-state index contributed by atoms with van der Waals surface area (Å²) in [6.07, 6.45) is 1.81. The molecule has 0 aliphatic rings. The van der Waals surface area contributed by atoms with Crippen molar-refractivity contribution in [1.29, 1.82) is 0 Å². The Labute approximate surface area is 133 Å². The third-order valence-electron chi connectivity index (χ3n) is 3.43. The van der Waals surface area contributed by atoms with Crippen LogP contribution in [0, 0.1) is 6.92 Å². The highest BCUT2D eigenvalue weighted by Crippen LogP contribution is 2.29. The number of para-hydroxylation sites is 1. The van der Waals surface area contributed by atoms with Gasteiger partial charge in [-0.3, -0.25) is 4.98 Å². The van der Waals surface area contributed by atoms with Crippen LogP contribution in [0.3, 0.4) is 0 Å². The highest BCUT2D eigenvalue weighted by atomic mass is 35.5. The van der Waals surface area contributed by atoms with Gasteiger partial charge in [-0.15, -0.1) is 0 Å². The zero-order valence-corrected chi connectivity index (χ0v) is 13.0. The number of aryl methyl sites for hydroxylation is 1. The fourth-order valence-electron chi connectivity index (χ4n) is 2.28. The van der Waals surface area contributed by atoms with Gasteiger partial charge in [-0.2, -0.15) is 0 Å². The van der Waals surface area contributed by atoms with Crippen molar-refractivity contribution in [2.75, 3.05) is 5.32 Å². The van der Waals surface area contributed by atoms with Crippen LogP contribution in [0.15, 0.2) is 48.7 Å². The van der Waals surface area contributed by atoms with Crippen molar-refractivity contribution in [3.63, 3.8) is 0 Å². The van der Waals surface area contributed by atoms with Crippen molar-refractivity contribution in [3.05, 3.63) is 69.8 Å². The van der Waals surface area contributed by atoms with E-state index in [9.17, 15) is 0 Å². The van der Waals surface area contributed by atoms with Crippen LogP contribution in [0.5, 0.6) is 0 Å². The number of fused-ring (bicyclic) bond motifs is 1. The monoisotopic (exact) mass is 316 g/mol. The fourth-order valence-corrected chi connectivity index (χ4v) is 2.73. The molecular weight excluding hydrogens is 303 g/mol. The number of aromatic nitrogens is 1. The highest BCUT2D eigenvalue weighted by molar-refractivity contribution is 6.35. The lowest BCUT2D eigenvalue weighted by Crippen LogP contribution is -2.01. The molecule has 2 nitrogen and oxygen atoms in total. The summed E-state index contributed by atoms with van der Waals surface area (Å²) in [6, 6.07) is 13.9. The van der Waals surface area contributed by atoms with Crippen molar-refractivity contribution in [2.45, 2.75) is 13.5 Å². The predicted molar refractivity (Wildman–Crippen MR) is 90.3 cm³/mol. The molecule has 3 rings (SSSR count). The Morgan fingerprint density at radius 2 is 1.86 bits per heavy atom. The van der Waals surface area contributed by atoms with Crippen LogP contribution in [-0.2, 0) is 6.54 Å². The summed E-state index contributed by atoms with van der Waals surface area (Å²) in [5, 5.41) is 5.84. The number of hydrogen-bond donors (Lipinski definition) is 1. The van der Waals surface area contributed by atoms with Gasteiger partial charge in [0.15, 0.2) is 0 Å². The van der Waals surface area contributed by atoms with E-state index in [1.807, 2.05) is 37.4 Å². The Hall–Kier alpha value is -1.77. The number of nitrogens with one attached hydrogen (secondary N) is 1. The number of rotatable bonds is 3. The van der Waals surface area contributed by atoms with Crippen LogP contribution in [0.1, 0.15) is 11.1 Å². The van der Waals surface area contributed by atoms with Crippen molar-refractivity contribution in [1.82, 2.24) is 4.98 Å². The molecule has 0 radical (unpaired) electrons. The first-order valence-corrected chi connectivity index (χ1v) is 7.43. The first-order chi connectivity index (χ1) is 10.1. The number of halogens is 2. The van der Waals surface area contributed by atoms with Crippen LogP contribution in [0.25, 0.3) is 10.9 Å². The molecule has 3 aromatic rings. The molecule has 0 bridgehead atoms. The third kappa shape index (κ3) is 2.97. The van der Waals surface area contributed by atoms with Gasteiger partial charge in [0.05, 0.1) is 16.2 Å². The average molecular weight is 317 g/mol. The Morgan fingerprint density at radius 3 is 2.71 bits per heavy atom. The average Bonchev–Trinajstić information content (AvgIpc) is 2.49. The summed E-state index contributed by atoms with van der Waals surface area (Å²) in [5.41, 5.74) is 3.93. The largest absolute Gasteiger partial charge is 0.380 e. The zero-order valence-electron chi connectivity index (χ0n) is 11.5. The van der Waals surface area contributed by atoms with Gasteiger partial charge in [-0.05, 0) is 36.2 Å². The summed E-state index contributed by atoms with van der Waals surface area (Å²) < 4.78 is 0. The van der Waals surface area contributed by atoms with Gasteiger partial charge in [0, 0.05) is 23.2 Å². The maximum atomic E-state index is 6.25. The van der Waals surface area contributed by atoms with Crippen molar-refractivity contribution in [3.8, 4) is 0 Å². The van der Waals surface area contributed by atoms with E-state index < -0.39 is 0 Å². The van der Waals surface area contributed by atoms with Gasteiger partial charge in [-0.25, -0.2) is 0 Å². The Balaban J connectivity index is 1.89. The molecule has 4 heteroatoms. The van der Waals surface area contributed by atoms with Gasteiger partial charge in [0.1, 0.15) is 0 Å². The van der Waals surface area contributed by atoms with Gasteiger partial charge in [0.25, 0.3) is 0 Å². The topological polar surface area (TPSA) is 24.9 Å². The van der Waals surface area contributed by atoms with E-state index in [2.05, 4.69) is 28.5 Å². The van der Waals surface area contributed by atoms with Crippen molar-refractivity contribution in [2.24, 2.45) is 0 Å². The second kappa shape index (κ2) is 5.92. The first kappa shape index (κ1) is 14.2. The summed E-state index contributed by atoms with van der Waals surface area (Å²) >= 11 is 12.4. The van der Waals surface area contributed by atoms with E-state index in [0.717, 1.165) is 27.7 Å². The lowest BCUT2D eigenvalue weighted by Gasteiger charge is -2.11. The summed E-state index contributed by atoms with van der Waals surface area (Å²) in [7, 11) is 0. The van der Waals surface area contributed by atoms with Gasteiger partial charge < -0.3 is 5.32 Å². The van der Waals surface area contributed by atoms with Crippen LogP contribution < -0.4 is 5.32 Å². The summed E-state index contributed by atoms with van der Waals surface area (Å²) in [5.74, 6) is 0. The molecule has 0 spiro atoms. The van der Waals surface area contributed by atoms with Crippen molar-refractivity contribution >= 4 is 39.8 Å². The van der Waals surface area contributed by atoms with Gasteiger partial charge in [0.2, 0.25) is 0 Å². The minimum Gasteiger partial charge on any atom is -0.380 e. The summed E-state index contributed by atoms with van der Waals surface area (Å²) in [6.45, 7) is 2.58. The second-order valence-corrected chi connectivity index (χ2v) is 5.74. The number of nitrogens with zero attached hydrogens (tertiary/aromatic N) is 1. The molecule has 0 saturated carbocycles. The third-order valence-corrected chi connectivity index (χ3v) is 4.15. The molecule has 1 heterocycles. The number of anilines is 1. The molecular formula is C17H14Cl2N2. The smallest absolute Gasteiger partial charge is 0.0751 e. The molecule has 0 saturated heterocycles. The molecule has 21 heavy (non-hydrogen) atoms. The van der Waals surface area contributed by atoms with Crippen LogP contribution in [0.2, 0.25) is 10.0 Å². The molecule has 2 aromatic carbocycles. The van der Waals surface area contributed by atoms with Crippen molar-refractivity contribution < 1.29 is 0 Å². The van der Waals surface area contributed by atoms with E-state index in [1.165, 1.54) is 0 Å². The Bertz CT molecular complexity index is 795. The Kier molecular flexibility index (Phi) is 4.00. The molecule has 0 fully saturated rings. The minimum atomic E-state index is 0.646. The van der Waals surface area contributed by atoms with Crippen LogP contribution in [0.4, 0.5) is 5.69 Å². The Morgan fingerprint density at radius 1 is 1.05 bits per heavy atom. The number of hydrogen-bond acceptors (Lipinski definition) is 2. The standard InChI is InChI=1S/C17H14Cl2N2/c1-11-8-15(19)16(9-14(11)18)21-10-13-5-2-4-12-6-3-7-20-17(12)13/h2-9,21H,10H2,1H3. The maximum Gasteiger partial charge on any atom is 0.0751 e. The van der Waals surface area contributed by atoms with E-state index in [1.54, 1.807) is 0 Å². The molecule has 1 aromatic heterocycles.